The molecule has 0 unspecified atom stereocenters. The molecule has 1 atom stereocenters. The third kappa shape index (κ3) is 4.29. The topological polar surface area (TPSA) is 62.7 Å². The molecule has 1 aliphatic rings. The SMILES string of the molecule is Cc1cccc([C@H](C(=O)O)N2CCC(OCc3cccnc3)CC2)c1C. The Hall–Kier alpha value is -2.24. The van der Waals surface area contributed by atoms with Crippen molar-refractivity contribution in [3.8, 4) is 0 Å². The minimum Gasteiger partial charge on any atom is -0.480 e. The number of nitrogens with zero attached hydrogens (tertiary/aromatic N) is 2. The molecule has 5 nitrogen and oxygen atoms in total. The minimum atomic E-state index is -0.784. The smallest absolute Gasteiger partial charge is 0.325 e. The lowest BCUT2D eigenvalue weighted by molar-refractivity contribution is -0.145. The molecule has 1 fully saturated rings. The number of ether oxygens (including phenoxy) is 1. The maximum Gasteiger partial charge on any atom is 0.325 e. The molecule has 138 valence electrons. The van der Waals surface area contributed by atoms with Crippen LogP contribution in [0, 0.1) is 13.8 Å². The quantitative estimate of drug-likeness (QED) is 0.860. The summed E-state index contributed by atoms with van der Waals surface area (Å²) in [4.78, 5) is 18.1. The van der Waals surface area contributed by atoms with Crippen LogP contribution in [-0.4, -0.2) is 40.2 Å². The average Bonchev–Trinajstić information content (AvgIpc) is 2.65. The molecular formula is C21H26N2O3. The molecule has 2 heterocycles. The zero-order valence-corrected chi connectivity index (χ0v) is 15.4. The molecule has 0 bridgehead atoms. The number of benzene rings is 1. The summed E-state index contributed by atoms with van der Waals surface area (Å²) in [5.41, 5.74) is 4.15. The summed E-state index contributed by atoms with van der Waals surface area (Å²) < 4.78 is 5.99. The van der Waals surface area contributed by atoms with Gasteiger partial charge in [-0.25, -0.2) is 0 Å². The number of pyridine rings is 1. The summed E-state index contributed by atoms with van der Waals surface area (Å²) in [5, 5.41) is 9.83. The van der Waals surface area contributed by atoms with Crippen LogP contribution in [-0.2, 0) is 16.1 Å². The van der Waals surface area contributed by atoms with Crippen molar-refractivity contribution in [3.05, 3.63) is 65.0 Å². The number of likely N-dealkylation sites (tertiary alicyclic amines) is 1. The predicted octanol–water partition coefficient (Wildman–Crippen LogP) is 3.51. The van der Waals surface area contributed by atoms with Crippen LogP contribution >= 0.6 is 0 Å². The molecule has 3 rings (SSSR count). The molecule has 1 aromatic carbocycles. The molecule has 1 saturated heterocycles. The van der Waals surface area contributed by atoms with E-state index in [-0.39, 0.29) is 6.10 Å². The van der Waals surface area contributed by atoms with Crippen LogP contribution in [0.15, 0.2) is 42.7 Å². The Balaban J connectivity index is 1.61. The lowest BCUT2D eigenvalue weighted by Gasteiger charge is -2.36. The Morgan fingerprint density at radius 3 is 2.69 bits per heavy atom. The maximum atomic E-state index is 12.0. The molecule has 0 spiro atoms. The van der Waals surface area contributed by atoms with Crippen molar-refractivity contribution in [3.63, 3.8) is 0 Å². The third-order valence-electron chi connectivity index (χ3n) is 5.23. The Morgan fingerprint density at radius 1 is 1.27 bits per heavy atom. The van der Waals surface area contributed by atoms with Gasteiger partial charge >= 0.3 is 5.97 Å². The van der Waals surface area contributed by atoms with Gasteiger partial charge in [0.2, 0.25) is 0 Å². The standard InChI is InChI=1S/C21H26N2O3/c1-15-5-3-7-19(16(15)2)20(21(24)25)23-11-8-18(9-12-23)26-14-17-6-4-10-22-13-17/h3-7,10,13,18,20H,8-9,11-12,14H2,1-2H3,(H,24,25)/t20-/m1/s1. The van der Waals surface area contributed by atoms with E-state index < -0.39 is 12.0 Å². The second-order valence-corrected chi connectivity index (χ2v) is 6.94. The summed E-state index contributed by atoms with van der Waals surface area (Å²) in [7, 11) is 0. The van der Waals surface area contributed by atoms with E-state index in [1.165, 1.54) is 0 Å². The molecule has 1 aliphatic heterocycles. The fraction of sp³-hybridized carbons (Fsp3) is 0.429. The number of aryl methyl sites for hydroxylation is 1. The predicted molar refractivity (Wildman–Crippen MR) is 99.9 cm³/mol. The summed E-state index contributed by atoms with van der Waals surface area (Å²) >= 11 is 0. The number of carboxylic acid groups (broad SMARTS) is 1. The second kappa shape index (κ2) is 8.43. The van der Waals surface area contributed by atoms with Crippen LogP contribution in [0.25, 0.3) is 0 Å². The summed E-state index contributed by atoms with van der Waals surface area (Å²) in [5.74, 6) is -0.784. The van der Waals surface area contributed by atoms with Gasteiger partial charge in [0.15, 0.2) is 0 Å². The first kappa shape index (κ1) is 18.5. The van der Waals surface area contributed by atoms with Crippen molar-refractivity contribution in [2.75, 3.05) is 13.1 Å². The molecule has 0 amide bonds. The van der Waals surface area contributed by atoms with Gasteiger partial charge in [0, 0.05) is 25.5 Å². The van der Waals surface area contributed by atoms with Crippen molar-refractivity contribution < 1.29 is 14.6 Å². The Bertz CT molecular complexity index is 740. The van der Waals surface area contributed by atoms with Gasteiger partial charge in [-0.2, -0.15) is 0 Å². The maximum absolute atomic E-state index is 12.0. The summed E-state index contributed by atoms with van der Waals surface area (Å²) in [6, 6.07) is 9.22. The van der Waals surface area contributed by atoms with Crippen molar-refractivity contribution in [1.82, 2.24) is 9.88 Å². The average molecular weight is 354 g/mol. The van der Waals surface area contributed by atoms with E-state index in [0.717, 1.165) is 48.2 Å². The first-order valence-electron chi connectivity index (χ1n) is 9.09. The highest BCUT2D eigenvalue weighted by Gasteiger charge is 2.32. The van der Waals surface area contributed by atoms with Gasteiger partial charge in [-0.15, -0.1) is 0 Å². The monoisotopic (exact) mass is 354 g/mol. The fourth-order valence-electron chi connectivity index (χ4n) is 3.55. The molecule has 1 N–H and O–H groups in total. The lowest BCUT2D eigenvalue weighted by Crippen LogP contribution is -2.42. The minimum absolute atomic E-state index is 0.166. The zero-order valence-electron chi connectivity index (χ0n) is 15.4. The van der Waals surface area contributed by atoms with E-state index in [1.807, 2.05) is 50.4 Å². The van der Waals surface area contributed by atoms with E-state index in [1.54, 1.807) is 6.20 Å². The van der Waals surface area contributed by atoms with Gasteiger partial charge in [0.05, 0.1) is 12.7 Å². The van der Waals surface area contributed by atoms with Gasteiger partial charge in [-0.05, 0) is 55.0 Å². The molecule has 5 heteroatoms. The van der Waals surface area contributed by atoms with Crippen LogP contribution in [0.3, 0.4) is 0 Å². The second-order valence-electron chi connectivity index (χ2n) is 6.94. The summed E-state index contributed by atoms with van der Waals surface area (Å²) in [6.45, 7) is 6.03. The van der Waals surface area contributed by atoms with Crippen LogP contribution < -0.4 is 0 Å². The van der Waals surface area contributed by atoms with Gasteiger partial charge in [-0.3, -0.25) is 14.7 Å². The largest absolute Gasteiger partial charge is 0.480 e. The van der Waals surface area contributed by atoms with E-state index in [0.29, 0.717) is 6.61 Å². The summed E-state index contributed by atoms with van der Waals surface area (Å²) in [6.07, 6.45) is 5.42. The van der Waals surface area contributed by atoms with Crippen molar-refractivity contribution in [2.24, 2.45) is 0 Å². The highest BCUT2D eigenvalue weighted by Crippen LogP contribution is 2.29. The number of hydrogen-bond acceptors (Lipinski definition) is 4. The Morgan fingerprint density at radius 2 is 2.04 bits per heavy atom. The van der Waals surface area contributed by atoms with Crippen molar-refractivity contribution in [2.45, 2.75) is 45.4 Å². The first-order chi connectivity index (χ1) is 12.6. The van der Waals surface area contributed by atoms with Crippen LogP contribution in [0.1, 0.15) is 41.1 Å². The van der Waals surface area contributed by atoms with Gasteiger partial charge in [0.25, 0.3) is 0 Å². The molecule has 2 aromatic rings. The first-order valence-corrected chi connectivity index (χ1v) is 9.09. The Kier molecular flexibility index (Phi) is 6.01. The van der Waals surface area contributed by atoms with E-state index in [9.17, 15) is 9.90 Å². The number of hydrogen-bond donors (Lipinski definition) is 1. The molecule has 0 aliphatic carbocycles. The lowest BCUT2D eigenvalue weighted by atomic mass is 9.94. The number of rotatable bonds is 6. The normalized spacial score (nSPS) is 17.2. The van der Waals surface area contributed by atoms with Gasteiger partial charge in [-0.1, -0.05) is 24.3 Å². The highest BCUT2D eigenvalue weighted by atomic mass is 16.5. The number of carboxylic acids is 1. The number of aromatic nitrogens is 1. The van der Waals surface area contributed by atoms with E-state index in [4.69, 9.17) is 4.74 Å². The number of piperidine rings is 1. The third-order valence-corrected chi connectivity index (χ3v) is 5.23. The number of aliphatic carboxylic acids is 1. The van der Waals surface area contributed by atoms with Gasteiger partial charge < -0.3 is 9.84 Å². The van der Waals surface area contributed by atoms with Crippen molar-refractivity contribution >= 4 is 5.97 Å². The highest BCUT2D eigenvalue weighted by molar-refractivity contribution is 5.76. The van der Waals surface area contributed by atoms with Crippen LogP contribution in [0.4, 0.5) is 0 Å². The molecule has 1 aromatic heterocycles. The Labute approximate surface area is 154 Å². The zero-order chi connectivity index (χ0) is 18.5. The molecular weight excluding hydrogens is 328 g/mol. The van der Waals surface area contributed by atoms with E-state index in [2.05, 4.69) is 9.88 Å². The molecule has 0 radical (unpaired) electrons. The van der Waals surface area contributed by atoms with E-state index >= 15 is 0 Å². The molecule has 0 saturated carbocycles. The van der Waals surface area contributed by atoms with Gasteiger partial charge in [0.1, 0.15) is 6.04 Å². The fourth-order valence-corrected chi connectivity index (χ4v) is 3.55. The van der Waals surface area contributed by atoms with Crippen LogP contribution in [0.5, 0.6) is 0 Å². The van der Waals surface area contributed by atoms with Crippen molar-refractivity contribution in [1.29, 1.82) is 0 Å². The van der Waals surface area contributed by atoms with Crippen LogP contribution in [0.2, 0.25) is 0 Å². The molecule has 26 heavy (non-hydrogen) atoms. The number of carbonyl (C=O) groups is 1.